The average molecular weight is 343 g/mol. The van der Waals surface area contributed by atoms with Gasteiger partial charge in [-0.3, -0.25) is 4.79 Å². The highest BCUT2D eigenvalue weighted by Crippen LogP contribution is 2.16. The summed E-state index contributed by atoms with van der Waals surface area (Å²) in [5, 5.41) is 6.75. The first kappa shape index (κ1) is 19.2. The highest BCUT2D eigenvalue weighted by atomic mass is 35.5. The van der Waals surface area contributed by atoms with Crippen LogP contribution in [0.4, 0.5) is 0 Å². The molecule has 1 unspecified atom stereocenters. The molecule has 1 atom stereocenters. The minimum Gasteiger partial charge on any atom is -0.461 e. The number of rotatable bonds is 8. The predicted octanol–water partition coefficient (Wildman–Crippen LogP) is 2.17. The molecule has 2 heterocycles. The number of hydrogen-bond acceptors (Lipinski definition) is 6. The van der Waals surface area contributed by atoms with Crippen molar-refractivity contribution in [2.24, 2.45) is 11.7 Å². The Balaban J connectivity index is 0.00000264. The highest BCUT2D eigenvalue weighted by Gasteiger charge is 2.15. The second-order valence-electron chi connectivity index (χ2n) is 5.62. The number of carbonyl (C=O) groups excluding carboxylic acids is 1. The summed E-state index contributed by atoms with van der Waals surface area (Å²) in [5.74, 6) is 1.77. The molecular formula is C15H23ClN4O3. The molecule has 8 heteroatoms. The largest absolute Gasteiger partial charge is 0.461 e. The molecule has 0 aliphatic heterocycles. The standard InChI is InChI=1S/C15H22N4O3.ClH/c1-10(2)8-11(9-16)17-13(20)5-6-14-18-15(19-22-14)12-4-3-7-21-12;/h3-4,7,10-11H,5-6,8-9,16H2,1-2H3,(H,17,20);1H. The zero-order valence-corrected chi connectivity index (χ0v) is 14.1. The molecule has 0 fully saturated rings. The Bertz CT molecular complexity index is 583. The average Bonchev–Trinajstić information content (AvgIpc) is 3.14. The van der Waals surface area contributed by atoms with Crippen molar-refractivity contribution in [2.75, 3.05) is 6.54 Å². The number of furan rings is 1. The van der Waals surface area contributed by atoms with Crippen molar-refractivity contribution in [3.63, 3.8) is 0 Å². The second kappa shape index (κ2) is 9.32. The first-order valence-electron chi connectivity index (χ1n) is 7.44. The first-order chi connectivity index (χ1) is 10.6. The van der Waals surface area contributed by atoms with Gasteiger partial charge < -0.3 is 20.0 Å². The van der Waals surface area contributed by atoms with Crippen LogP contribution in [0.2, 0.25) is 0 Å². The number of aryl methyl sites for hydroxylation is 1. The SMILES string of the molecule is CC(C)CC(CN)NC(=O)CCc1nc(-c2ccco2)no1.Cl. The monoisotopic (exact) mass is 342 g/mol. The molecule has 3 N–H and O–H groups in total. The van der Waals surface area contributed by atoms with Gasteiger partial charge >= 0.3 is 0 Å². The van der Waals surface area contributed by atoms with Crippen molar-refractivity contribution in [1.82, 2.24) is 15.5 Å². The Kier molecular flexibility index (Phi) is 7.77. The van der Waals surface area contributed by atoms with Crippen LogP contribution in [-0.2, 0) is 11.2 Å². The molecule has 2 aromatic heterocycles. The van der Waals surface area contributed by atoms with Crippen molar-refractivity contribution in [3.05, 3.63) is 24.3 Å². The van der Waals surface area contributed by atoms with E-state index in [4.69, 9.17) is 14.7 Å². The molecular weight excluding hydrogens is 320 g/mol. The fourth-order valence-electron chi connectivity index (χ4n) is 2.17. The van der Waals surface area contributed by atoms with Crippen molar-refractivity contribution in [2.45, 2.75) is 39.2 Å². The van der Waals surface area contributed by atoms with Crippen LogP contribution in [0.3, 0.4) is 0 Å². The smallest absolute Gasteiger partial charge is 0.238 e. The predicted molar refractivity (Wildman–Crippen MR) is 88.0 cm³/mol. The van der Waals surface area contributed by atoms with E-state index in [1.807, 2.05) is 0 Å². The van der Waals surface area contributed by atoms with Gasteiger partial charge in [0.2, 0.25) is 17.6 Å². The fourth-order valence-corrected chi connectivity index (χ4v) is 2.17. The number of nitrogens with zero attached hydrogens (tertiary/aromatic N) is 2. The van der Waals surface area contributed by atoms with E-state index < -0.39 is 0 Å². The zero-order chi connectivity index (χ0) is 15.9. The van der Waals surface area contributed by atoms with Gasteiger partial charge in [-0.2, -0.15) is 4.98 Å². The van der Waals surface area contributed by atoms with Gasteiger partial charge in [0.15, 0.2) is 5.76 Å². The summed E-state index contributed by atoms with van der Waals surface area (Å²) in [6.45, 7) is 4.64. The Morgan fingerprint density at radius 2 is 2.22 bits per heavy atom. The normalized spacial score (nSPS) is 12.0. The lowest BCUT2D eigenvalue weighted by Crippen LogP contribution is -2.41. The van der Waals surface area contributed by atoms with Gasteiger partial charge in [-0.1, -0.05) is 19.0 Å². The molecule has 2 aromatic rings. The molecule has 0 radical (unpaired) electrons. The molecule has 1 amide bonds. The molecule has 0 aromatic carbocycles. The number of nitrogens with two attached hydrogens (primary N) is 1. The van der Waals surface area contributed by atoms with Crippen LogP contribution < -0.4 is 11.1 Å². The highest BCUT2D eigenvalue weighted by molar-refractivity contribution is 5.85. The van der Waals surface area contributed by atoms with Gasteiger partial charge in [0.05, 0.1) is 6.26 Å². The number of hydrogen-bond donors (Lipinski definition) is 2. The minimum absolute atomic E-state index is 0. The molecule has 0 saturated carbocycles. The van der Waals surface area contributed by atoms with Gasteiger partial charge in [-0.05, 0) is 24.5 Å². The fraction of sp³-hybridized carbons (Fsp3) is 0.533. The molecule has 0 bridgehead atoms. The quantitative estimate of drug-likeness (QED) is 0.761. The molecule has 0 aliphatic rings. The van der Waals surface area contributed by atoms with Gasteiger partial charge in [0, 0.05) is 25.4 Å². The Morgan fingerprint density at radius 3 is 2.83 bits per heavy atom. The molecule has 23 heavy (non-hydrogen) atoms. The Labute approximate surface area is 141 Å². The van der Waals surface area contributed by atoms with E-state index >= 15 is 0 Å². The molecule has 0 saturated heterocycles. The number of nitrogens with one attached hydrogen (secondary N) is 1. The van der Waals surface area contributed by atoms with Gasteiger partial charge in [-0.15, -0.1) is 12.4 Å². The van der Waals surface area contributed by atoms with E-state index in [0.29, 0.717) is 36.4 Å². The molecule has 2 rings (SSSR count). The van der Waals surface area contributed by atoms with Crippen molar-refractivity contribution in [3.8, 4) is 11.6 Å². The third-order valence-corrected chi connectivity index (χ3v) is 3.18. The van der Waals surface area contributed by atoms with Crippen LogP contribution in [0.15, 0.2) is 27.3 Å². The van der Waals surface area contributed by atoms with E-state index in [9.17, 15) is 4.79 Å². The van der Waals surface area contributed by atoms with E-state index in [0.717, 1.165) is 6.42 Å². The zero-order valence-electron chi connectivity index (χ0n) is 13.3. The van der Waals surface area contributed by atoms with E-state index in [1.165, 1.54) is 0 Å². The summed E-state index contributed by atoms with van der Waals surface area (Å²) in [7, 11) is 0. The van der Waals surface area contributed by atoms with E-state index in [-0.39, 0.29) is 30.8 Å². The van der Waals surface area contributed by atoms with E-state index in [1.54, 1.807) is 18.4 Å². The lowest BCUT2D eigenvalue weighted by Gasteiger charge is -2.18. The molecule has 0 spiro atoms. The number of halogens is 1. The van der Waals surface area contributed by atoms with Crippen LogP contribution in [0.5, 0.6) is 0 Å². The summed E-state index contributed by atoms with van der Waals surface area (Å²) >= 11 is 0. The number of amides is 1. The minimum atomic E-state index is -0.0613. The van der Waals surface area contributed by atoms with Crippen LogP contribution >= 0.6 is 12.4 Å². The van der Waals surface area contributed by atoms with Crippen molar-refractivity contribution in [1.29, 1.82) is 0 Å². The summed E-state index contributed by atoms with van der Waals surface area (Å²) in [6.07, 6.45) is 3.08. The third kappa shape index (κ3) is 6.03. The Hall–Kier alpha value is -1.86. The lowest BCUT2D eigenvalue weighted by molar-refractivity contribution is -0.121. The number of aromatic nitrogens is 2. The van der Waals surface area contributed by atoms with E-state index in [2.05, 4.69) is 29.3 Å². The van der Waals surface area contributed by atoms with Crippen LogP contribution in [-0.4, -0.2) is 28.6 Å². The first-order valence-corrected chi connectivity index (χ1v) is 7.44. The number of carbonyl (C=O) groups is 1. The van der Waals surface area contributed by atoms with Gasteiger partial charge in [0.25, 0.3) is 0 Å². The van der Waals surface area contributed by atoms with Crippen molar-refractivity contribution >= 4 is 18.3 Å². The topological polar surface area (TPSA) is 107 Å². The molecule has 7 nitrogen and oxygen atoms in total. The lowest BCUT2D eigenvalue weighted by atomic mass is 10.0. The molecule has 128 valence electrons. The van der Waals surface area contributed by atoms with Crippen LogP contribution in [0, 0.1) is 5.92 Å². The van der Waals surface area contributed by atoms with Crippen molar-refractivity contribution < 1.29 is 13.7 Å². The van der Waals surface area contributed by atoms with Crippen LogP contribution in [0.1, 0.15) is 32.6 Å². The summed E-state index contributed by atoms with van der Waals surface area (Å²) in [4.78, 5) is 16.1. The summed E-state index contributed by atoms with van der Waals surface area (Å²) < 4.78 is 10.3. The van der Waals surface area contributed by atoms with Gasteiger partial charge in [0.1, 0.15) is 0 Å². The summed E-state index contributed by atoms with van der Waals surface area (Å²) in [5.41, 5.74) is 5.67. The Morgan fingerprint density at radius 1 is 1.43 bits per heavy atom. The molecule has 0 aliphatic carbocycles. The maximum atomic E-state index is 11.9. The van der Waals surface area contributed by atoms with Gasteiger partial charge in [-0.25, -0.2) is 0 Å². The van der Waals surface area contributed by atoms with Crippen LogP contribution in [0.25, 0.3) is 11.6 Å². The maximum absolute atomic E-state index is 11.9. The summed E-state index contributed by atoms with van der Waals surface area (Å²) in [6, 6.07) is 3.51. The maximum Gasteiger partial charge on any atom is 0.238 e. The second-order valence-corrected chi connectivity index (χ2v) is 5.62. The third-order valence-electron chi connectivity index (χ3n) is 3.18.